The van der Waals surface area contributed by atoms with Crippen LogP contribution in [0.25, 0.3) is 0 Å². The van der Waals surface area contributed by atoms with Gasteiger partial charge in [-0.3, -0.25) is 4.98 Å². The van der Waals surface area contributed by atoms with E-state index in [0.29, 0.717) is 11.3 Å². The highest BCUT2D eigenvalue weighted by Crippen LogP contribution is 2.57. The zero-order valence-corrected chi connectivity index (χ0v) is 7.22. The predicted molar refractivity (Wildman–Crippen MR) is 44.4 cm³/mol. The van der Waals surface area contributed by atoms with E-state index in [0.717, 1.165) is 0 Å². The molecule has 1 saturated carbocycles. The summed E-state index contributed by atoms with van der Waals surface area (Å²) >= 11 is 0. The number of hydrogen-bond donors (Lipinski definition) is 1. The van der Waals surface area contributed by atoms with Crippen LogP contribution < -0.4 is 5.73 Å². The zero-order chi connectivity index (χ0) is 9.69. The highest BCUT2D eigenvalue weighted by atomic mass is 19.3. The number of rotatable bonds is 1. The van der Waals surface area contributed by atoms with Gasteiger partial charge in [0.25, 0.3) is 5.92 Å². The maximum Gasteiger partial charge on any atom is 0.272 e. The van der Waals surface area contributed by atoms with E-state index in [1.54, 1.807) is 25.3 Å². The first-order valence-corrected chi connectivity index (χ1v) is 4.06. The number of hydrogen-bond acceptors (Lipinski definition) is 2. The second kappa shape index (κ2) is 2.26. The lowest BCUT2D eigenvalue weighted by atomic mass is 10.0. The summed E-state index contributed by atoms with van der Waals surface area (Å²) in [5.74, 6) is -2.76. The van der Waals surface area contributed by atoms with Crippen LogP contribution >= 0.6 is 0 Å². The van der Waals surface area contributed by atoms with Crippen molar-refractivity contribution in [3.8, 4) is 0 Å². The highest BCUT2D eigenvalue weighted by molar-refractivity contribution is 5.37. The number of aryl methyl sites for hydroxylation is 1. The van der Waals surface area contributed by atoms with Gasteiger partial charge < -0.3 is 5.73 Å². The van der Waals surface area contributed by atoms with E-state index in [4.69, 9.17) is 5.73 Å². The van der Waals surface area contributed by atoms with Crippen LogP contribution in [-0.2, 0) is 5.54 Å². The Morgan fingerprint density at radius 1 is 1.54 bits per heavy atom. The summed E-state index contributed by atoms with van der Waals surface area (Å²) in [6, 6.07) is 3.24. The summed E-state index contributed by atoms with van der Waals surface area (Å²) < 4.78 is 25.8. The van der Waals surface area contributed by atoms with Gasteiger partial charge in [-0.25, -0.2) is 8.78 Å². The van der Waals surface area contributed by atoms with Crippen molar-refractivity contribution >= 4 is 0 Å². The third-order valence-electron chi connectivity index (χ3n) is 2.52. The minimum atomic E-state index is -2.76. The molecule has 0 radical (unpaired) electrons. The van der Waals surface area contributed by atoms with E-state index in [-0.39, 0.29) is 6.42 Å². The summed E-state index contributed by atoms with van der Waals surface area (Å²) in [5.41, 5.74) is 5.13. The van der Waals surface area contributed by atoms with Crippen molar-refractivity contribution in [3.05, 3.63) is 29.6 Å². The zero-order valence-electron chi connectivity index (χ0n) is 7.22. The molecule has 0 bridgehead atoms. The molecule has 1 unspecified atom stereocenters. The Balaban J connectivity index is 2.44. The Bertz CT molecular complexity index is 351. The lowest BCUT2D eigenvalue weighted by Crippen LogP contribution is -2.28. The maximum absolute atomic E-state index is 12.9. The Hall–Kier alpha value is -1.03. The number of nitrogens with two attached hydrogens (primary N) is 1. The quantitative estimate of drug-likeness (QED) is 0.719. The van der Waals surface area contributed by atoms with Crippen LogP contribution in [0.5, 0.6) is 0 Å². The van der Waals surface area contributed by atoms with Crippen molar-refractivity contribution in [1.29, 1.82) is 0 Å². The molecule has 0 spiro atoms. The lowest BCUT2D eigenvalue weighted by molar-refractivity contribution is 0.0888. The van der Waals surface area contributed by atoms with Crippen molar-refractivity contribution in [2.24, 2.45) is 5.73 Å². The molecule has 1 heterocycles. The molecule has 2 rings (SSSR count). The summed E-state index contributed by atoms with van der Waals surface area (Å²) in [6.07, 6.45) is 1.30. The molecule has 0 saturated heterocycles. The fourth-order valence-electron chi connectivity index (χ4n) is 1.55. The largest absolute Gasteiger partial charge is 0.316 e. The van der Waals surface area contributed by atoms with Crippen molar-refractivity contribution in [3.63, 3.8) is 0 Å². The van der Waals surface area contributed by atoms with E-state index >= 15 is 0 Å². The molecule has 0 aliphatic heterocycles. The van der Waals surface area contributed by atoms with Crippen LogP contribution in [0.2, 0.25) is 0 Å². The van der Waals surface area contributed by atoms with Gasteiger partial charge in [-0.05, 0) is 18.6 Å². The molecule has 2 nitrogen and oxygen atoms in total. The molecule has 0 aromatic carbocycles. The van der Waals surface area contributed by atoms with Crippen LogP contribution in [0, 0.1) is 6.92 Å². The van der Waals surface area contributed by atoms with Crippen LogP contribution in [0.15, 0.2) is 18.3 Å². The van der Waals surface area contributed by atoms with Gasteiger partial charge in [0.05, 0.1) is 0 Å². The Morgan fingerprint density at radius 2 is 2.15 bits per heavy atom. The predicted octanol–water partition coefficient (Wildman–Crippen LogP) is 1.58. The second-order valence-corrected chi connectivity index (χ2v) is 3.49. The van der Waals surface area contributed by atoms with Gasteiger partial charge in [0.1, 0.15) is 5.54 Å². The summed E-state index contributed by atoms with van der Waals surface area (Å²) in [5, 5.41) is 0. The number of halogens is 2. The molecule has 70 valence electrons. The number of pyridine rings is 1. The number of nitrogens with zero attached hydrogens (tertiary/aromatic N) is 1. The summed E-state index contributed by atoms with van der Waals surface area (Å²) in [4.78, 5) is 3.94. The molecule has 1 aliphatic carbocycles. The third kappa shape index (κ3) is 1.05. The monoisotopic (exact) mass is 184 g/mol. The molecule has 1 aliphatic rings. The molecule has 1 aromatic heterocycles. The third-order valence-corrected chi connectivity index (χ3v) is 2.52. The minimum Gasteiger partial charge on any atom is -0.316 e. The fourth-order valence-corrected chi connectivity index (χ4v) is 1.55. The standard InChI is InChI=1S/C9H10F2N2/c1-6-7(3-2-4-13-6)8(12)5-9(8,10)11/h2-4H,5,12H2,1H3. The topological polar surface area (TPSA) is 38.9 Å². The molecule has 13 heavy (non-hydrogen) atoms. The second-order valence-electron chi connectivity index (χ2n) is 3.49. The molecular formula is C9H10F2N2. The SMILES string of the molecule is Cc1ncccc1C1(N)CC1(F)F. The first-order chi connectivity index (χ1) is 5.97. The first-order valence-electron chi connectivity index (χ1n) is 4.06. The van der Waals surface area contributed by atoms with Crippen molar-refractivity contribution in [2.45, 2.75) is 24.8 Å². The molecular weight excluding hydrogens is 174 g/mol. The van der Waals surface area contributed by atoms with E-state index in [2.05, 4.69) is 4.98 Å². The molecule has 0 amide bonds. The van der Waals surface area contributed by atoms with Gasteiger partial charge in [0.15, 0.2) is 0 Å². The molecule has 1 atom stereocenters. The molecule has 2 N–H and O–H groups in total. The molecule has 4 heteroatoms. The Morgan fingerprint density at radius 3 is 2.62 bits per heavy atom. The molecule has 1 aromatic rings. The van der Waals surface area contributed by atoms with E-state index in [1.165, 1.54) is 0 Å². The van der Waals surface area contributed by atoms with Gasteiger partial charge in [0, 0.05) is 18.3 Å². The molecule has 1 fully saturated rings. The normalized spacial score (nSPS) is 30.2. The van der Waals surface area contributed by atoms with Crippen LogP contribution in [-0.4, -0.2) is 10.9 Å². The Labute approximate surface area is 74.8 Å². The van der Waals surface area contributed by atoms with Gasteiger partial charge in [-0.2, -0.15) is 0 Å². The maximum atomic E-state index is 12.9. The van der Waals surface area contributed by atoms with Gasteiger partial charge in [-0.15, -0.1) is 0 Å². The smallest absolute Gasteiger partial charge is 0.272 e. The average Bonchev–Trinajstić information content (AvgIpc) is 2.53. The van der Waals surface area contributed by atoms with Crippen molar-refractivity contribution in [2.75, 3.05) is 0 Å². The van der Waals surface area contributed by atoms with Crippen LogP contribution in [0.3, 0.4) is 0 Å². The Kier molecular flexibility index (Phi) is 1.49. The van der Waals surface area contributed by atoms with Crippen LogP contribution in [0.1, 0.15) is 17.7 Å². The summed E-state index contributed by atoms with van der Waals surface area (Å²) in [7, 11) is 0. The number of alkyl halides is 2. The minimum absolute atomic E-state index is 0.271. The number of aromatic nitrogens is 1. The first kappa shape index (κ1) is 8.56. The summed E-state index contributed by atoms with van der Waals surface area (Å²) in [6.45, 7) is 1.69. The van der Waals surface area contributed by atoms with E-state index < -0.39 is 11.5 Å². The fraction of sp³-hybridized carbons (Fsp3) is 0.444. The van der Waals surface area contributed by atoms with Gasteiger partial charge >= 0.3 is 0 Å². The van der Waals surface area contributed by atoms with E-state index in [1.807, 2.05) is 0 Å². The van der Waals surface area contributed by atoms with Crippen molar-refractivity contribution in [1.82, 2.24) is 4.98 Å². The average molecular weight is 184 g/mol. The van der Waals surface area contributed by atoms with Crippen molar-refractivity contribution < 1.29 is 8.78 Å². The van der Waals surface area contributed by atoms with E-state index in [9.17, 15) is 8.78 Å². The van der Waals surface area contributed by atoms with Gasteiger partial charge in [-0.1, -0.05) is 6.07 Å². The van der Waals surface area contributed by atoms with Gasteiger partial charge in [0.2, 0.25) is 0 Å². The highest BCUT2D eigenvalue weighted by Gasteiger charge is 2.70. The lowest BCUT2D eigenvalue weighted by Gasteiger charge is -2.12. The van der Waals surface area contributed by atoms with Crippen LogP contribution in [0.4, 0.5) is 8.78 Å².